The van der Waals surface area contributed by atoms with E-state index in [2.05, 4.69) is 0 Å². The fourth-order valence-electron chi connectivity index (χ4n) is 2.74. The van der Waals surface area contributed by atoms with Crippen molar-refractivity contribution in [1.82, 2.24) is 0 Å². The van der Waals surface area contributed by atoms with E-state index in [0.717, 1.165) is 5.56 Å². The molecule has 0 N–H and O–H groups in total. The number of hydrogen-bond acceptors (Lipinski definition) is 4. The van der Waals surface area contributed by atoms with Gasteiger partial charge in [-0.2, -0.15) is 5.26 Å². The Hall–Kier alpha value is -3.06. The van der Waals surface area contributed by atoms with Gasteiger partial charge in [0.1, 0.15) is 23.1 Å². The van der Waals surface area contributed by atoms with Gasteiger partial charge in [-0.15, -0.1) is 0 Å². The third kappa shape index (κ3) is 1.87. The number of fused-ring (bicyclic) bond motifs is 1. The minimum Gasteiger partial charge on any atom is -0.496 e. The first kappa shape index (κ1) is 13.9. The summed E-state index contributed by atoms with van der Waals surface area (Å²) in [5, 5.41) is 9.46. The fraction of sp³-hybridized carbons (Fsp3) is 0.111. The van der Waals surface area contributed by atoms with Gasteiger partial charge in [-0.3, -0.25) is 4.79 Å². The van der Waals surface area contributed by atoms with Crippen molar-refractivity contribution in [3.05, 3.63) is 64.7 Å². The maximum atomic E-state index is 12.6. The van der Waals surface area contributed by atoms with E-state index in [4.69, 9.17) is 9.47 Å². The summed E-state index contributed by atoms with van der Waals surface area (Å²) in [6, 6.07) is 14.8. The summed E-state index contributed by atoms with van der Waals surface area (Å²) in [6.45, 7) is 0. The maximum absolute atomic E-state index is 12.6. The van der Waals surface area contributed by atoms with Crippen LogP contribution in [-0.4, -0.2) is 20.0 Å². The highest BCUT2D eigenvalue weighted by Gasteiger charge is 2.36. The second-order valence-electron chi connectivity index (χ2n) is 4.78. The first-order valence-electron chi connectivity index (χ1n) is 6.72. The summed E-state index contributed by atoms with van der Waals surface area (Å²) >= 11 is 0. The summed E-state index contributed by atoms with van der Waals surface area (Å²) in [7, 11) is 3.04. The Balaban J connectivity index is 2.39. The van der Waals surface area contributed by atoms with Gasteiger partial charge in [-0.05, 0) is 17.7 Å². The summed E-state index contributed by atoms with van der Waals surface area (Å²) in [4.78, 5) is 12.6. The molecule has 3 rings (SSSR count). The van der Waals surface area contributed by atoms with Crippen LogP contribution in [0.25, 0.3) is 5.57 Å². The molecule has 108 valence electrons. The van der Waals surface area contributed by atoms with Crippen LogP contribution in [0, 0.1) is 11.3 Å². The van der Waals surface area contributed by atoms with Gasteiger partial charge in [0.2, 0.25) is 5.78 Å². The average molecular weight is 291 g/mol. The molecular weight excluding hydrogens is 278 g/mol. The lowest BCUT2D eigenvalue weighted by Gasteiger charge is -2.13. The molecule has 0 amide bonds. The predicted molar refractivity (Wildman–Crippen MR) is 82.0 cm³/mol. The Morgan fingerprint density at radius 1 is 0.909 bits per heavy atom. The molecule has 0 saturated carbocycles. The van der Waals surface area contributed by atoms with Crippen LogP contribution >= 0.6 is 0 Å². The van der Waals surface area contributed by atoms with E-state index in [1.165, 1.54) is 7.11 Å². The highest BCUT2D eigenvalue weighted by atomic mass is 16.5. The third-order valence-electron chi connectivity index (χ3n) is 3.70. The number of ketones is 1. The van der Waals surface area contributed by atoms with Crippen molar-refractivity contribution in [2.45, 2.75) is 0 Å². The number of carbonyl (C=O) groups excluding carboxylic acids is 1. The molecule has 2 aromatic rings. The molecule has 4 nitrogen and oxygen atoms in total. The minimum atomic E-state index is -0.327. The summed E-state index contributed by atoms with van der Waals surface area (Å²) in [5.41, 5.74) is 2.52. The number of nitrogens with zero attached hydrogens (tertiary/aromatic N) is 1. The molecule has 0 aromatic heterocycles. The zero-order valence-corrected chi connectivity index (χ0v) is 12.2. The van der Waals surface area contributed by atoms with Gasteiger partial charge in [0.25, 0.3) is 0 Å². The molecular formula is C18H13NO3. The van der Waals surface area contributed by atoms with Crippen molar-refractivity contribution in [2.75, 3.05) is 14.2 Å². The average Bonchev–Trinajstić information content (AvgIpc) is 2.88. The van der Waals surface area contributed by atoms with Crippen molar-refractivity contribution in [3.63, 3.8) is 0 Å². The molecule has 0 atom stereocenters. The van der Waals surface area contributed by atoms with Crippen molar-refractivity contribution >= 4 is 11.4 Å². The Kier molecular flexibility index (Phi) is 3.40. The van der Waals surface area contributed by atoms with Crippen molar-refractivity contribution < 1.29 is 14.3 Å². The number of benzene rings is 2. The van der Waals surface area contributed by atoms with Gasteiger partial charge in [0.05, 0.1) is 19.8 Å². The van der Waals surface area contributed by atoms with Crippen LogP contribution in [0.15, 0.2) is 48.0 Å². The van der Waals surface area contributed by atoms with Crippen LogP contribution in [0.2, 0.25) is 0 Å². The van der Waals surface area contributed by atoms with E-state index in [1.807, 2.05) is 36.4 Å². The summed E-state index contributed by atoms with van der Waals surface area (Å²) in [5.74, 6) is 0.667. The normalized spacial score (nSPS) is 12.9. The van der Waals surface area contributed by atoms with Crippen molar-refractivity contribution in [2.24, 2.45) is 0 Å². The molecule has 0 fully saturated rings. The standard InChI is InChI=1S/C18H13NO3/c1-21-13-8-9-14(22-2)17-16(13)15(12(10-19)18(17)20)11-6-4-3-5-7-11/h3-9H,1-2H3. The second kappa shape index (κ2) is 5.38. The van der Waals surface area contributed by atoms with E-state index >= 15 is 0 Å². The zero-order valence-electron chi connectivity index (χ0n) is 12.2. The van der Waals surface area contributed by atoms with Gasteiger partial charge in [-0.25, -0.2) is 0 Å². The molecule has 0 aliphatic heterocycles. The lowest BCUT2D eigenvalue weighted by Crippen LogP contribution is -2.01. The quantitative estimate of drug-likeness (QED) is 0.871. The number of Topliss-reactive ketones (excluding diaryl/α,β-unsaturated/α-hetero) is 1. The van der Waals surface area contributed by atoms with Gasteiger partial charge in [0.15, 0.2) is 0 Å². The molecule has 0 radical (unpaired) electrons. The molecule has 2 aromatic carbocycles. The van der Waals surface area contributed by atoms with Crippen LogP contribution in [0.4, 0.5) is 0 Å². The lowest BCUT2D eigenvalue weighted by atomic mass is 9.96. The van der Waals surface area contributed by atoms with E-state index in [-0.39, 0.29) is 11.4 Å². The Bertz CT molecular complexity index is 829. The SMILES string of the molecule is COc1ccc(OC)c2c1C(=O)C(C#N)=C2c1ccccc1. The number of ether oxygens (including phenoxy) is 2. The first-order valence-corrected chi connectivity index (χ1v) is 6.72. The van der Waals surface area contributed by atoms with Crippen LogP contribution in [-0.2, 0) is 0 Å². The number of allylic oxidation sites excluding steroid dienone is 1. The largest absolute Gasteiger partial charge is 0.496 e. The fourth-order valence-corrected chi connectivity index (χ4v) is 2.74. The molecule has 0 unspecified atom stereocenters. The number of carbonyl (C=O) groups is 1. The van der Waals surface area contributed by atoms with Gasteiger partial charge in [0, 0.05) is 11.1 Å². The molecule has 0 spiro atoms. The molecule has 22 heavy (non-hydrogen) atoms. The molecule has 0 heterocycles. The maximum Gasteiger partial charge on any atom is 0.208 e. The Labute approximate surface area is 128 Å². The molecule has 1 aliphatic carbocycles. The van der Waals surface area contributed by atoms with Gasteiger partial charge < -0.3 is 9.47 Å². The predicted octanol–water partition coefficient (Wildman–Crippen LogP) is 3.23. The van der Waals surface area contributed by atoms with Crippen LogP contribution in [0.5, 0.6) is 11.5 Å². The monoisotopic (exact) mass is 291 g/mol. The Morgan fingerprint density at radius 3 is 2.05 bits per heavy atom. The molecule has 0 bridgehead atoms. The topological polar surface area (TPSA) is 59.3 Å². The van der Waals surface area contributed by atoms with Gasteiger partial charge >= 0.3 is 0 Å². The number of rotatable bonds is 3. The van der Waals surface area contributed by atoms with E-state index in [9.17, 15) is 10.1 Å². The summed E-state index contributed by atoms with van der Waals surface area (Å²) in [6.07, 6.45) is 0. The number of hydrogen-bond donors (Lipinski definition) is 0. The van der Waals surface area contributed by atoms with E-state index in [0.29, 0.717) is 28.2 Å². The number of nitriles is 1. The highest BCUT2D eigenvalue weighted by molar-refractivity contribution is 6.27. The highest BCUT2D eigenvalue weighted by Crippen LogP contribution is 2.45. The van der Waals surface area contributed by atoms with Gasteiger partial charge in [-0.1, -0.05) is 30.3 Å². The Morgan fingerprint density at radius 2 is 1.50 bits per heavy atom. The molecule has 0 saturated heterocycles. The van der Waals surface area contributed by atoms with Crippen molar-refractivity contribution in [1.29, 1.82) is 5.26 Å². The molecule has 4 heteroatoms. The first-order chi connectivity index (χ1) is 10.7. The molecule has 1 aliphatic rings. The summed E-state index contributed by atoms with van der Waals surface area (Å²) < 4.78 is 10.7. The zero-order chi connectivity index (χ0) is 15.7. The van der Waals surface area contributed by atoms with E-state index < -0.39 is 0 Å². The second-order valence-corrected chi connectivity index (χ2v) is 4.78. The van der Waals surface area contributed by atoms with E-state index in [1.54, 1.807) is 19.2 Å². The van der Waals surface area contributed by atoms with Crippen molar-refractivity contribution in [3.8, 4) is 17.6 Å². The van der Waals surface area contributed by atoms with Crippen LogP contribution in [0.1, 0.15) is 21.5 Å². The van der Waals surface area contributed by atoms with Crippen LogP contribution in [0.3, 0.4) is 0 Å². The smallest absolute Gasteiger partial charge is 0.208 e. The third-order valence-corrected chi connectivity index (χ3v) is 3.70. The lowest BCUT2D eigenvalue weighted by molar-refractivity contribution is 0.103. The van der Waals surface area contributed by atoms with Crippen LogP contribution < -0.4 is 9.47 Å². The minimum absolute atomic E-state index is 0.115. The number of methoxy groups -OCH3 is 2.